The van der Waals surface area contributed by atoms with Gasteiger partial charge in [-0.3, -0.25) is 9.59 Å². The minimum Gasteiger partial charge on any atom is -0.459 e. The fourth-order valence-corrected chi connectivity index (χ4v) is 2.80. The Balaban J connectivity index is 1.39. The first-order valence-electron chi connectivity index (χ1n) is 9.04. The normalized spacial score (nSPS) is 10.6. The average molecular weight is 405 g/mol. The maximum atomic E-state index is 13.8. The topological polar surface area (TPSA) is 97.4 Å². The highest BCUT2D eigenvalue weighted by Gasteiger charge is 2.16. The van der Waals surface area contributed by atoms with Gasteiger partial charge in [-0.1, -0.05) is 29.4 Å². The van der Waals surface area contributed by atoms with Crippen LogP contribution < -0.4 is 10.6 Å². The molecule has 0 aliphatic carbocycles. The van der Waals surface area contributed by atoms with Crippen molar-refractivity contribution in [1.82, 2.24) is 10.5 Å². The van der Waals surface area contributed by atoms with Crippen LogP contribution >= 0.6 is 0 Å². The van der Waals surface area contributed by atoms with Gasteiger partial charge in [-0.25, -0.2) is 4.39 Å². The van der Waals surface area contributed by atoms with Crippen molar-refractivity contribution in [2.45, 2.75) is 6.54 Å². The smallest absolute Gasteiger partial charge is 0.291 e. The van der Waals surface area contributed by atoms with E-state index in [-0.39, 0.29) is 35.2 Å². The molecule has 150 valence electrons. The van der Waals surface area contributed by atoms with E-state index in [1.807, 2.05) is 0 Å². The van der Waals surface area contributed by atoms with Crippen molar-refractivity contribution in [3.8, 4) is 11.3 Å². The van der Waals surface area contributed by atoms with Crippen molar-refractivity contribution in [1.29, 1.82) is 0 Å². The molecule has 0 radical (unpaired) electrons. The minimum atomic E-state index is -0.466. The molecule has 2 heterocycles. The van der Waals surface area contributed by atoms with Gasteiger partial charge >= 0.3 is 0 Å². The molecule has 4 rings (SSSR count). The van der Waals surface area contributed by atoms with E-state index in [2.05, 4.69) is 15.8 Å². The van der Waals surface area contributed by atoms with Gasteiger partial charge in [0.05, 0.1) is 11.8 Å². The summed E-state index contributed by atoms with van der Waals surface area (Å²) < 4.78 is 24.0. The second kappa shape index (κ2) is 8.44. The van der Waals surface area contributed by atoms with Gasteiger partial charge in [0.25, 0.3) is 11.8 Å². The number of aromatic nitrogens is 1. The maximum Gasteiger partial charge on any atom is 0.291 e. The van der Waals surface area contributed by atoms with E-state index < -0.39 is 11.7 Å². The Labute approximate surface area is 170 Å². The van der Waals surface area contributed by atoms with Crippen LogP contribution in [0.1, 0.15) is 26.6 Å². The molecule has 0 atom stereocenters. The lowest BCUT2D eigenvalue weighted by atomic mass is 10.1. The fourth-order valence-electron chi connectivity index (χ4n) is 2.80. The predicted octanol–water partition coefficient (Wildman–Crippen LogP) is 4.26. The van der Waals surface area contributed by atoms with Gasteiger partial charge in [0, 0.05) is 18.3 Å². The molecule has 0 saturated heterocycles. The van der Waals surface area contributed by atoms with Crippen LogP contribution in [0.3, 0.4) is 0 Å². The Morgan fingerprint density at radius 3 is 2.63 bits per heavy atom. The Morgan fingerprint density at radius 2 is 1.83 bits per heavy atom. The van der Waals surface area contributed by atoms with Crippen LogP contribution in [-0.2, 0) is 6.54 Å². The molecule has 8 heteroatoms. The van der Waals surface area contributed by atoms with Crippen LogP contribution in [0.2, 0.25) is 0 Å². The summed E-state index contributed by atoms with van der Waals surface area (Å²) in [5, 5.41) is 9.15. The molecule has 0 saturated carbocycles. The Bertz CT molecular complexity index is 1180. The minimum absolute atomic E-state index is 0.0375. The molecule has 2 amide bonds. The Morgan fingerprint density at radius 1 is 0.967 bits per heavy atom. The number of carbonyl (C=O) groups excluding carboxylic acids is 2. The van der Waals surface area contributed by atoms with Crippen LogP contribution in [0.5, 0.6) is 0 Å². The van der Waals surface area contributed by atoms with Gasteiger partial charge < -0.3 is 19.6 Å². The van der Waals surface area contributed by atoms with Crippen LogP contribution in [0, 0.1) is 5.82 Å². The van der Waals surface area contributed by atoms with E-state index in [0.717, 1.165) is 5.56 Å². The molecule has 0 bridgehead atoms. The van der Waals surface area contributed by atoms with Crippen LogP contribution in [-0.4, -0.2) is 17.0 Å². The van der Waals surface area contributed by atoms with Gasteiger partial charge in [-0.15, -0.1) is 0 Å². The summed E-state index contributed by atoms with van der Waals surface area (Å²) >= 11 is 0. The van der Waals surface area contributed by atoms with Crippen molar-refractivity contribution < 1.29 is 22.9 Å². The van der Waals surface area contributed by atoms with Crippen LogP contribution in [0.15, 0.2) is 81.9 Å². The number of halogens is 1. The third-order valence-corrected chi connectivity index (χ3v) is 4.26. The summed E-state index contributed by atoms with van der Waals surface area (Å²) in [6.07, 6.45) is 1.42. The number of amides is 2. The largest absolute Gasteiger partial charge is 0.459 e. The lowest BCUT2D eigenvalue weighted by Gasteiger charge is -2.07. The van der Waals surface area contributed by atoms with E-state index in [9.17, 15) is 14.0 Å². The maximum absolute atomic E-state index is 13.8. The van der Waals surface area contributed by atoms with Crippen molar-refractivity contribution in [3.05, 3.63) is 95.8 Å². The number of rotatable bonds is 6. The monoisotopic (exact) mass is 405 g/mol. The van der Waals surface area contributed by atoms with Crippen LogP contribution in [0.25, 0.3) is 11.3 Å². The molecular weight excluding hydrogens is 389 g/mol. The highest BCUT2D eigenvalue weighted by Crippen LogP contribution is 2.23. The number of anilines is 1. The summed E-state index contributed by atoms with van der Waals surface area (Å²) in [5.41, 5.74) is 1.59. The van der Waals surface area contributed by atoms with E-state index in [4.69, 9.17) is 8.94 Å². The van der Waals surface area contributed by atoms with Crippen molar-refractivity contribution >= 4 is 17.5 Å². The zero-order chi connectivity index (χ0) is 20.9. The first kappa shape index (κ1) is 19.1. The quantitative estimate of drug-likeness (QED) is 0.500. The number of hydrogen-bond donors (Lipinski definition) is 2. The van der Waals surface area contributed by atoms with Gasteiger partial charge in [0.15, 0.2) is 17.2 Å². The number of furan rings is 1. The molecule has 2 N–H and O–H groups in total. The van der Waals surface area contributed by atoms with E-state index >= 15 is 0 Å². The third kappa shape index (κ3) is 4.27. The highest BCUT2D eigenvalue weighted by atomic mass is 19.1. The molecule has 0 spiro atoms. The molecule has 0 unspecified atom stereocenters. The van der Waals surface area contributed by atoms with Gasteiger partial charge in [0.1, 0.15) is 5.82 Å². The molecule has 2 aromatic carbocycles. The van der Waals surface area contributed by atoms with Gasteiger partial charge in [-0.2, -0.15) is 0 Å². The van der Waals surface area contributed by atoms with Crippen molar-refractivity contribution in [2.75, 3.05) is 5.32 Å². The lowest BCUT2D eigenvalue weighted by molar-refractivity contribution is 0.0940. The molecule has 4 aromatic rings. The number of nitrogens with one attached hydrogen (secondary N) is 2. The summed E-state index contributed by atoms with van der Waals surface area (Å²) in [6.45, 7) is 0.200. The molecule has 2 aromatic heterocycles. The Hall–Kier alpha value is -4.20. The van der Waals surface area contributed by atoms with Gasteiger partial charge in [0.2, 0.25) is 0 Å². The first-order chi connectivity index (χ1) is 14.6. The standard InChI is InChI=1S/C22H16FN3O4/c23-17-8-2-1-7-16(17)20-12-18(26-30-20)21(27)24-13-14-5-3-6-15(11-14)25-22(28)19-9-4-10-29-19/h1-12H,13H2,(H,24,27)(H,25,28). The van der Waals surface area contributed by atoms with E-state index in [0.29, 0.717) is 5.69 Å². The molecule has 30 heavy (non-hydrogen) atoms. The lowest BCUT2D eigenvalue weighted by Crippen LogP contribution is -2.23. The zero-order valence-corrected chi connectivity index (χ0v) is 15.6. The van der Waals surface area contributed by atoms with Crippen LogP contribution in [0.4, 0.5) is 10.1 Å². The average Bonchev–Trinajstić information content (AvgIpc) is 3.45. The second-order valence-electron chi connectivity index (χ2n) is 6.37. The summed E-state index contributed by atoms with van der Waals surface area (Å²) in [5.74, 6) is -0.934. The predicted molar refractivity (Wildman–Crippen MR) is 106 cm³/mol. The summed E-state index contributed by atoms with van der Waals surface area (Å²) in [6, 6.07) is 17.7. The third-order valence-electron chi connectivity index (χ3n) is 4.26. The zero-order valence-electron chi connectivity index (χ0n) is 15.6. The fraction of sp³-hybridized carbons (Fsp3) is 0.0455. The van der Waals surface area contributed by atoms with Gasteiger partial charge in [-0.05, 0) is 42.0 Å². The summed E-state index contributed by atoms with van der Waals surface area (Å²) in [4.78, 5) is 24.4. The number of benzene rings is 2. The number of hydrogen-bond acceptors (Lipinski definition) is 5. The molecule has 0 aliphatic heterocycles. The number of carbonyl (C=O) groups is 2. The first-order valence-corrected chi connectivity index (χ1v) is 9.04. The number of nitrogens with zero attached hydrogens (tertiary/aromatic N) is 1. The SMILES string of the molecule is O=C(NCc1cccc(NC(=O)c2ccco2)c1)c1cc(-c2ccccc2F)on1. The second-order valence-corrected chi connectivity index (χ2v) is 6.37. The van der Waals surface area contributed by atoms with E-state index in [1.54, 1.807) is 54.6 Å². The molecule has 7 nitrogen and oxygen atoms in total. The Kier molecular flexibility index (Phi) is 5.38. The highest BCUT2D eigenvalue weighted by molar-refractivity contribution is 6.02. The molecule has 0 aliphatic rings. The molecule has 0 fully saturated rings. The summed E-state index contributed by atoms with van der Waals surface area (Å²) in [7, 11) is 0. The van der Waals surface area contributed by atoms with Crippen molar-refractivity contribution in [3.63, 3.8) is 0 Å². The van der Waals surface area contributed by atoms with Crippen molar-refractivity contribution in [2.24, 2.45) is 0 Å². The molecular formula is C22H16FN3O4. The van der Waals surface area contributed by atoms with E-state index in [1.165, 1.54) is 18.4 Å².